The van der Waals surface area contributed by atoms with Gasteiger partial charge in [0.2, 0.25) is 0 Å². The van der Waals surface area contributed by atoms with Crippen LogP contribution in [0.4, 0.5) is 0 Å². The molecule has 42 heavy (non-hydrogen) atoms. The highest BCUT2D eigenvalue weighted by Gasteiger charge is 2.30. The largest absolute Gasteiger partial charge is 0.457 e. The number of nitrogens with zero attached hydrogens (tertiary/aromatic N) is 2. The number of para-hydroxylation sites is 1. The fraction of sp³-hybridized carbons (Fsp3) is 0.306. The van der Waals surface area contributed by atoms with Gasteiger partial charge in [-0.3, -0.25) is 9.69 Å². The number of hydrogen-bond acceptors (Lipinski definition) is 5. The molecule has 6 nitrogen and oxygen atoms in total. The predicted molar refractivity (Wildman–Crippen MR) is 166 cm³/mol. The van der Waals surface area contributed by atoms with Crippen LogP contribution < -0.4 is 4.74 Å². The highest BCUT2D eigenvalue weighted by Crippen LogP contribution is 2.31. The molecule has 1 amide bonds. The second-order valence-corrected chi connectivity index (χ2v) is 11.3. The maximum atomic E-state index is 14.0. The van der Waals surface area contributed by atoms with Gasteiger partial charge in [-0.15, -0.1) is 0 Å². The van der Waals surface area contributed by atoms with E-state index in [1.807, 2.05) is 85.8 Å². The van der Waals surface area contributed by atoms with Crippen LogP contribution in [0.3, 0.4) is 0 Å². The third-order valence-electron chi connectivity index (χ3n) is 7.94. The first-order valence-electron chi connectivity index (χ1n) is 14.6. The fourth-order valence-electron chi connectivity index (χ4n) is 5.52. The van der Waals surface area contributed by atoms with Crippen molar-refractivity contribution in [1.82, 2.24) is 9.80 Å². The number of aliphatic hydroxyl groups is 1. The lowest BCUT2D eigenvalue weighted by Gasteiger charge is -2.35. The number of carbonyl (C=O) groups excluding carboxylic acids is 1. The Balaban J connectivity index is 1.35. The average Bonchev–Trinajstić information content (AvgIpc) is 3.03. The molecule has 0 radical (unpaired) electrons. The summed E-state index contributed by atoms with van der Waals surface area (Å²) in [6.45, 7) is 6.29. The molecule has 1 aliphatic rings. The minimum absolute atomic E-state index is 0.0319. The van der Waals surface area contributed by atoms with Crippen LogP contribution in [0.1, 0.15) is 35.3 Å². The van der Waals surface area contributed by atoms with Crippen LogP contribution in [0.25, 0.3) is 11.1 Å². The maximum absolute atomic E-state index is 14.0. The molecule has 1 N–H and O–H groups in total. The summed E-state index contributed by atoms with van der Waals surface area (Å²) in [7, 11) is 2.10. The summed E-state index contributed by atoms with van der Waals surface area (Å²) in [5.41, 5.74) is 4.76. The van der Waals surface area contributed by atoms with Gasteiger partial charge in [-0.05, 0) is 66.6 Å². The third kappa shape index (κ3) is 7.08. The molecular formula is C36H40N2O4. The molecule has 6 heteroatoms. The smallest absolute Gasteiger partial charge is 0.254 e. The van der Waals surface area contributed by atoms with Gasteiger partial charge in [0, 0.05) is 31.1 Å². The summed E-state index contributed by atoms with van der Waals surface area (Å²) in [6.07, 6.45) is -0.133. The van der Waals surface area contributed by atoms with Crippen molar-refractivity contribution >= 4 is 5.91 Å². The zero-order valence-corrected chi connectivity index (χ0v) is 24.6. The normalized spacial score (nSPS) is 18.1. The Bertz CT molecular complexity index is 1460. The fourth-order valence-corrected chi connectivity index (χ4v) is 5.52. The molecule has 0 unspecified atom stereocenters. The number of benzene rings is 4. The van der Waals surface area contributed by atoms with Gasteiger partial charge in [-0.2, -0.15) is 0 Å². The first kappa shape index (κ1) is 29.5. The Morgan fingerprint density at radius 2 is 1.50 bits per heavy atom. The number of carbonyl (C=O) groups is 1. The van der Waals surface area contributed by atoms with Gasteiger partial charge in [0.05, 0.1) is 25.4 Å². The number of ether oxygens (including phenoxy) is 2. The van der Waals surface area contributed by atoms with Crippen molar-refractivity contribution < 1.29 is 19.4 Å². The van der Waals surface area contributed by atoms with E-state index >= 15 is 0 Å². The number of hydrogen-bond donors (Lipinski definition) is 1. The lowest BCUT2D eigenvalue weighted by atomic mass is 9.94. The molecule has 0 aliphatic carbocycles. The van der Waals surface area contributed by atoms with Gasteiger partial charge in [0.15, 0.2) is 0 Å². The molecule has 0 saturated carbocycles. The summed E-state index contributed by atoms with van der Waals surface area (Å²) in [6, 6.07) is 33.5. The Morgan fingerprint density at radius 1 is 0.881 bits per heavy atom. The molecule has 218 valence electrons. The standard InChI is InChI=1S/C36H40N2O4/c1-26-21-38(27(2)24-39)36(40)34-16-10-9-15-33(34)32-14-8-7-11-29(32)25-41-35(26)23-37(3)22-28-17-19-31(20-18-28)42-30-12-5-4-6-13-30/h4-20,26-27,35,39H,21-25H2,1-3H3/t26-,27-,35-/m0/s1. The van der Waals surface area contributed by atoms with Crippen LogP contribution in [0.5, 0.6) is 11.5 Å². The van der Waals surface area contributed by atoms with Gasteiger partial charge in [-0.25, -0.2) is 0 Å². The second-order valence-electron chi connectivity index (χ2n) is 11.3. The van der Waals surface area contributed by atoms with E-state index in [0.717, 1.165) is 34.7 Å². The Hall–Kier alpha value is -3.97. The number of rotatable bonds is 8. The van der Waals surface area contributed by atoms with Crippen LogP contribution in [0, 0.1) is 5.92 Å². The number of amides is 1. The van der Waals surface area contributed by atoms with Crippen LogP contribution >= 0.6 is 0 Å². The van der Waals surface area contributed by atoms with Gasteiger partial charge >= 0.3 is 0 Å². The Labute approximate surface area is 249 Å². The van der Waals surface area contributed by atoms with Crippen LogP contribution in [0.15, 0.2) is 103 Å². The quantitative estimate of drug-likeness (QED) is 0.260. The van der Waals surface area contributed by atoms with Crippen LogP contribution in [-0.4, -0.2) is 59.7 Å². The maximum Gasteiger partial charge on any atom is 0.254 e. The lowest BCUT2D eigenvalue weighted by molar-refractivity contribution is -0.0241. The minimum Gasteiger partial charge on any atom is -0.457 e. The molecule has 1 heterocycles. The molecule has 3 atom stereocenters. The Kier molecular flexibility index (Phi) is 9.70. The van der Waals surface area contributed by atoms with Crippen LogP contribution in [-0.2, 0) is 17.9 Å². The highest BCUT2D eigenvalue weighted by atomic mass is 16.5. The molecule has 5 rings (SSSR count). The molecule has 4 aromatic carbocycles. The van der Waals surface area contributed by atoms with E-state index in [2.05, 4.69) is 43.1 Å². The molecule has 4 aromatic rings. The van der Waals surface area contributed by atoms with E-state index in [-0.39, 0.29) is 30.6 Å². The summed E-state index contributed by atoms with van der Waals surface area (Å²) >= 11 is 0. The molecule has 0 spiro atoms. The van der Waals surface area contributed by atoms with Crippen LogP contribution in [0.2, 0.25) is 0 Å². The summed E-state index contributed by atoms with van der Waals surface area (Å²) < 4.78 is 12.6. The summed E-state index contributed by atoms with van der Waals surface area (Å²) in [5, 5.41) is 10.1. The summed E-state index contributed by atoms with van der Waals surface area (Å²) in [4.78, 5) is 18.1. The van der Waals surface area contributed by atoms with Gasteiger partial charge < -0.3 is 19.5 Å². The molecular weight excluding hydrogens is 524 g/mol. The minimum atomic E-state index is -0.320. The van der Waals surface area contributed by atoms with E-state index in [4.69, 9.17) is 9.47 Å². The molecule has 0 saturated heterocycles. The van der Waals surface area contributed by atoms with Crippen molar-refractivity contribution in [2.24, 2.45) is 5.92 Å². The first-order chi connectivity index (χ1) is 20.4. The number of aliphatic hydroxyl groups excluding tert-OH is 1. The molecule has 0 aromatic heterocycles. The van der Waals surface area contributed by atoms with Crippen molar-refractivity contribution in [1.29, 1.82) is 0 Å². The number of likely N-dealkylation sites (N-methyl/N-ethyl adjacent to an activating group) is 1. The highest BCUT2D eigenvalue weighted by molar-refractivity contribution is 6.01. The second kappa shape index (κ2) is 13.8. The zero-order chi connectivity index (χ0) is 29.5. The molecule has 1 aliphatic heterocycles. The lowest BCUT2D eigenvalue weighted by Crippen LogP contribution is -2.47. The molecule has 0 bridgehead atoms. The monoisotopic (exact) mass is 564 g/mol. The zero-order valence-electron chi connectivity index (χ0n) is 24.6. The van der Waals surface area contributed by atoms with Gasteiger partial charge in [0.1, 0.15) is 11.5 Å². The van der Waals surface area contributed by atoms with Crippen molar-refractivity contribution in [2.75, 3.05) is 26.7 Å². The van der Waals surface area contributed by atoms with E-state index in [0.29, 0.717) is 25.3 Å². The predicted octanol–water partition coefficient (Wildman–Crippen LogP) is 6.64. The van der Waals surface area contributed by atoms with Crippen molar-refractivity contribution in [2.45, 2.75) is 39.1 Å². The van der Waals surface area contributed by atoms with Gasteiger partial charge in [-0.1, -0.05) is 79.7 Å². The summed E-state index contributed by atoms with van der Waals surface area (Å²) in [5.74, 6) is 1.58. The average molecular weight is 565 g/mol. The Morgan fingerprint density at radius 3 is 2.21 bits per heavy atom. The van der Waals surface area contributed by atoms with E-state index in [1.165, 1.54) is 5.56 Å². The van der Waals surface area contributed by atoms with E-state index < -0.39 is 0 Å². The first-order valence-corrected chi connectivity index (χ1v) is 14.6. The molecule has 0 fully saturated rings. The van der Waals surface area contributed by atoms with Crippen molar-refractivity contribution in [3.05, 3.63) is 120 Å². The van der Waals surface area contributed by atoms with E-state index in [1.54, 1.807) is 4.90 Å². The third-order valence-corrected chi connectivity index (χ3v) is 7.94. The van der Waals surface area contributed by atoms with E-state index in [9.17, 15) is 9.90 Å². The van der Waals surface area contributed by atoms with Crippen molar-refractivity contribution in [3.8, 4) is 22.6 Å². The topological polar surface area (TPSA) is 62.2 Å². The SMILES string of the molecule is C[C@H]1CN([C@@H](C)CO)C(=O)c2ccccc2-c2ccccc2CO[C@H]1CN(C)Cc1ccc(Oc2ccccc2)cc1. The van der Waals surface area contributed by atoms with Crippen molar-refractivity contribution in [3.63, 3.8) is 0 Å². The number of fused-ring (bicyclic) bond motifs is 3. The van der Waals surface area contributed by atoms with Gasteiger partial charge in [0.25, 0.3) is 5.91 Å².